The third-order valence-electron chi connectivity index (χ3n) is 6.22. The minimum absolute atomic E-state index is 0.0215. The Labute approximate surface area is 208 Å². The van der Waals surface area contributed by atoms with Crippen LogP contribution in [0.2, 0.25) is 5.02 Å². The molecule has 2 aliphatic heterocycles. The van der Waals surface area contributed by atoms with Crippen LogP contribution in [0.25, 0.3) is 11.3 Å². The van der Waals surface area contributed by atoms with E-state index in [2.05, 4.69) is 31.2 Å². The molecule has 0 saturated carbocycles. The van der Waals surface area contributed by atoms with E-state index in [0.717, 1.165) is 48.3 Å². The van der Waals surface area contributed by atoms with Crippen LogP contribution in [0.15, 0.2) is 54.1 Å². The van der Waals surface area contributed by atoms with Crippen molar-refractivity contribution in [3.05, 3.63) is 65.1 Å². The summed E-state index contributed by atoms with van der Waals surface area (Å²) in [6.07, 6.45) is 9.92. The molecule has 2 atom stereocenters. The van der Waals surface area contributed by atoms with Crippen LogP contribution < -0.4 is 10.1 Å². The molecule has 0 spiro atoms. The number of rotatable bonds is 7. The quantitative estimate of drug-likeness (QED) is 0.389. The largest absolute Gasteiger partial charge is 0.486 e. The van der Waals surface area contributed by atoms with Crippen LogP contribution in [0.3, 0.4) is 0 Å². The molecular formula is C25H26ClN5O2S. The fourth-order valence-corrected chi connectivity index (χ4v) is 5.27. The maximum Gasteiger partial charge on any atom is 0.242 e. The molecule has 0 unspecified atom stereocenters. The average molecular weight is 496 g/mol. The summed E-state index contributed by atoms with van der Waals surface area (Å²) < 4.78 is 6.13. The van der Waals surface area contributed by atoms with Crippen LogP contribution in [0.4, 0.5) is 0 Å². The van der Waals surface area contributed by atoms with Gasteiger partial charge in [0.2, 0.25) is 5.91 Å². The number of fused-ring (bicyclic) bond motifs is 1. The number of hydrogen-bond donors (Lipinski definition) is 1. The van der Waals surface area contributed by atoms with Crippen LogP contribution in [0, 0.1) is 0 Å². The number of carbonyl (C=O) groups excluding carboxylic acids is 1. The van der Waals surface area contributed by atoms with Gasteiger partial charge in [-0.2, -0.15) is 0 Å². The van der Waals surface area contributed by atoms with E-state index in [9.17, 15) is 4.79 Å². The van der Waals surface area contributed by atoms with Gasteiger partial charge < -0.3 is 10.1 Å². The summed E-state index contributed by atoms with van der Waals surface area (Å²) in [5, 5.41) is 4.38. The van der Waals surface area contributed by atoms with Gasteiger partial charge >= 0.3 is 0 Å². The number of nitrogens with one attached hydrogen (secondary N) is 1. The Morgan fingerprint density at radius 1 is 1.29 bits per heavy atom. The van der Waals surface area contributed by atoms with Crippen molar-refractivity contribution in [1.82, 2.24) is 25.2 Å². The molecule has 0 radical (unpaired) electrons. The fourth-order valence-electron chi connectivity index (χ4n) is 4.63. The number of amides is 1. The van der Waals surface area contributed by atoms with Crippen molar-refractivity contribution in [3.8, 4) is 17.0 Å². The Morgan fingerprint density at radius 2 is 2.15 bits per heavy atom. The molecule has 2 aromatic heterocycles. The lowest BCUT2D eigenvalue weighted by atomic mass is 10.0. The number of hydrogen-bond acceptors (Lipinski definition) is 7. The zero-order chi connectivity index (χ0) is 23.5. The Hall–Kier alpha value is -2.68. The van der Waals surface area contributed by atoms with E-state index in [1.165, 1.54) is 11.8 Å². The number of benzene rings is 1. The molecule has 4 heterocycles. The average Bonchev–Trinajstić information content (AvgIpc) is 3.54. The van der Waals surface area contributed by atoms with Crippen molar-refractivity contribution in [2.45, 2.75) is 36.6 Å². The Morgan fingerprint density at radius 3 is 2.91 bits per heavy atom. The second kappa shape index (κ2) is 10.3. The normalized spacial score (nSPS) is 18.4. The Bertz CT molecular complexity index is 1170. The molecule has 0 aliphatic carbocycles. The standard InChI is InChI=1S/C25H26ClN5O2S/c1-34-25-28-8-6-21(30-25)17-11-18-12-19(33-23(18)20(26)13-17)15-29-24(32)22(31-9-2-3-10-31)16-5-4-7-27-14-16/h4-8,11,13-14,19,22H,2-3,9-10,12,15H2,1H3,(H,29,32)/t19-,22+/m0/s1. The highest BCUT2D eigenvalue weighted by Gasteiger charge is 2.32. The van der Waals surface area contributed by atoms with E-state index >= 15 is 0 Å². The zero-order valence-electron chi connectivity index (χ0n) is 18.9. The summed E-state index contributed by atoms with van der Waals surface area (Å²) in [5.41, 5.74) is 3.69. The molecule has 3 aromatic rings. The third-order valence-corrected chi connectivity index (χ3v) is 7.07. The number of nitrogens with zero attached hydrogens (tertiary/aromatic N) is 4. The molecule has 7 nitrogen and oxygen atoms in total. The highest BCUT2D eigenvalue weighted by Crippen LogP contribution is 2.39. The molecule has 1 saturated heterocycles. The number of likely N-dealkylation sites (tertiary alicyclic amines) is 1. The molecule has 0 bridgehead atoms. The van der Waals surface area contributed by atoms with Crippen molar-refractivity contribution < 1.29 is 9.53 Å². The van der Waals surface area contributed by atoms with Crippen molar-refractivity contribution >= 4 is 29.3 Å². The first kappa shape index (κ1) is 23.1. The molecule has 34 heavy (non-hydrogen) atoms. The Balaban J connectivity index is 1.28. The first-order valence-corrected chi connectivity index (χ1v) is 13.0. The minimum Gasteiger partial charge on any atom is -0.486 e. The van der Waals surface area contributed by atoms with Crippen LogP contribution >= 0.6 is 23.4 Å². The van der Waals surface area contributed by atoms with Gasteiger partial charge in [-0.3, -0.25) is 14.7 Å². The van der Waals surface area contributed by atoms with Gasteiger partial charge in [-0.25, -0.2) is 9.97 Å². The van der Waals surface area contributed by atoms with Gasteiger partial charge in [-0.05, 0) is 62.0 Å². The fraction of sp³-hybridized carbons (Fsp3) is 0.360. The Kier molecular flexibility index (Phi) is 6.99. The number of thioether (sulfide) groups is 1. The summed E-state index contributed by atoms with van der Waals surface area (Å²) in [4.78, 5) is 28.5. The van der Waals surface area contributed by atoms with Crippen LogP contribution in [-0.2, 0) is 11.2 Å². The van der Waals surface area contributed by atoms with Gasteiger partial charge in [0.25, 0.3) is 0 Å². The number of pyridine rings is 1. The molecule has 1 aromatic carbocycles. The molecule has 1 amide bonds. The number of halogens is 1. The smallest absolute Gasteiger partial charge is 0.242 e. The first-order valence-electron chi connectivity index (χ1n) is 11.4. The zero-order valence-corrected chi connectivity index (χ0v) is 20.5. The third kappa shape index (κ3) is 4.89. The highest BCUT2D eigenvalue weighted by atomic mass is 35.5. The van der Waals surface area contributed by atoms with Gasteiger partial charge in [0.1, 0.15) is 17.9 Å². The molecular weight excluding hydrogens is 470 g/mol. The topological polar surface area (TPSA) is 80.2 Å². The van der Waals surface area contributed by atoms with Gasteiger partial charge in [0, 0.05) is 36.1 Å². The van der Waals surface area contributed by atoms with Gasteiger partial charge in [0.05, 0.1) is 17.3 Å². The lowest BCUT2D eigenvalue weighted by Gasteiger charge is -2.27. The predicted octanol–water partition coefficient (Wildman–Crippen LogP) is 4.17. The van der Waals surface area contributed by atoms with Crippen molar-refractivity contribution in [2.24, 2.45) is 0 Å². The lowest BCUT2D eigenvalue weighted by molar-refractivity contribution is -0.126. The first-order chi connectivity index (χ1) is 16.6. The van der Waals surface area contributed by atoms with Crippen molar-refractivity contribution in [3.63, 3.8) is 0 Å². The molecule has 1 N–H and O–H groups in total. The summed E-state index contributed by atoms with van der Waals surface area (Å²) in [6.45, 7) is 2.24. The van der Waals surface area contributed by atoms with Crippen molar-refractivity contribution in [1.29, 1.82) is 0 Å². The van der Waals surface area contributed by atoms with Gasteiger partial charge in [-0.15, -0.1) is 0 Å². The summed E-state index contributed by atoms with van der Waals surface area (Å²) in [5.74, 6) is 0.666. The summed E-state index contributed by atoms with van der Waals surface area (Å²) in [6, 6.07) is 9.33. The molecule has 176 valence electrons. The maximum absolute atomic E-state index is 13.2. The van der Waals surface area contributed by atoms with Gasteiger partial charge in [0.15, 0.2) is 5.16 Å². The SMILES string of the molecule is CSc1nccc(-c2cc(Cl)c3c(c2)C[C@@H](CNC(=O)[C@@H](c2cccnc2)N2CCCC2)O3)n1. The summed E-state index contributed by atoms with van der Waals surface area (Å²) >= 11 is 8.07. The van der Waals surface area contributed by atoms with E-state index in [-0.39, 0.29) is 18.1 Å². The van der Waals surface area contributed by atoms with E-state index in [1.54, 1.807) is 18.6 Å². The second-order valence-corrected chi connectivity index (χ2v) is 9.68. The van der Waals surface area contributed by atoms with Crippen molar-refractivity contribution in [2.75, 3.05) is 25.9 Å². The van der Waals surface area contributed by atoms with Crippen LogP contribution in [-0.4, -0.2) is 57.8 Å². The maximum atomic E-state index is 13.2. The van der Waals surface area contributed by atoms with E-state index in [0.29, 0.717) is 28.9 Å². The molecule has 1 fully saturated rings. The highest BCUT2D eigenvalue weighted by molar-refractivity contribution is 7.98. The van der Waals surface area contributed by atoms with E-state index < -0.39 is 0 Å². The predicted molar refractivity (Wildman–Crippen MR) is 133 cm³/mol. The van der Waals surface area contributed by atoms with E-state index in [1.807, 2.05) is 30.5 Å². The second-order valence-electron chi connectivity index (χ2n) is 8.50. The number of aromatic nitrogens is 3. The van der Waals surface area contributed by atoms with Crippen LogP contribution in [0.1, 0.15) is 30.0 Å². The molecule has 5 rings (SSSR count). The minimum atomic E-state index is -0.335. The van der Waals surface area contributed by atoms with E-state index in [4.69, 9.17) is 16.3 Å². The van der Waals surface area contributed by atoms with Gasteiger partial charge in [-0.1, -0.05) is 29.4 Å². The number of ether oxygens (including phenoxy) is 1. The molecule has 2 aliphatic rings. The number of carbonyl (C=O) groups is 1. The van der Waals surface area contributed by atoms with Crippen LogP contribution in [0.5, 0.6) is 5.75 Å². The lowest BCUT2D eigenvalue weighted by Crippen LogP contribution is -2.42. The monoisotopic (exact) mass is 495 g/mol. The molecule has 9 heteroatoms. The summed E-state index contributed by atoms with van der Waals surface area (Å²) in [7, 11) is 0.